The number of nitrogens with zero attached hydrogens (tertiary/aromatic N) is 4. The Labute approximate surface area is 238 Å². The van der Waals surface area contributed by atoms with Crippen LogP contribution in [0.5, 0.6) is 0 Å². The summed E-state index contributed by atoms with van der Waals surface area (Å²) in [6.07, 6.45) is 3.33. The summed E-state index contributed by atoms with van der Waals surface area (Å²) in [5.74, 6) is 0.957. The molecular weight excluding hydrogens is 497 g/mol. The minimum Gasteiger partial charge on any atom is -0.448 e. The minimum absolute atomic E-state index is 0. The molecule has 1 heterocycles. The van der Waals surface area contributed by atoms with Crippen molar-refractivity contribution in [1.82, 2.24) is 14.9 Å². The number of aryl methyl sites for hydroxylation is 1. The minimum atomic E-state index is -4.15. The monoisotopic (exact) mass is 521 g/mol. The maximum Gasteiger partial charge on any atom is 1.00 e. The van der Waals surface area contributed by atoms with Gasteiger partial charge in [0, 0.05) is 23.9 Å². The molecule has 0 aliphatic rings. The van der Waals surface area contributed by atoms with Crippen molar-refractivity contribution in [2.75, 3.05) is 6.54 Å². The Balaban J connectivity index is 0.00000380. The van der Waals surface area contributed by atoms with Crippen LogP contribution in [0.3, 0.4) is 0 Å². The van der Waals surface area contributed by atoms with Crippen LogP contribution in [0.15, 0.2) is 90.0 Å². The molecule has 0 atom stereocenters. The van der Waals surface area contributed by atoms with Gasteiger partial charge in [-0.05, 0) is 54.9 Å². The first-order chi connectivity index (χ1) is 17.4. The molecule has 2 amide bonds. The molecule has 10 heteroatoms. The molecule has 0 bridgehead atoms. The zero-order chi connectivity index (χ0) is 25.5. The van der Waals surface area contributed by atoms with Crippen molar-refractivity contribution in [3.63, 3.8) is 0 Å². The predicted molar refractivity (Wildman–Crippen MR) is 137 cm³/mol. The summed E-state index contributed by atoms with van der Waals surface area (Å²) in [5, 5.41) is 11.3. The van der Waals surface area contributed by atoms with Crippen molar-refractivity contribution in [1.29, 1.82) is 5.26 Å². The van der Waals surface area contributed by atoms with E-state index in [4.69, 9.17) is 10.2 Å². The second-order valence-electron chi connectivity index (χ2n) is 7.98. The van der Waals surface area contributed by atoms with E-state index in [1.165, 1.54) is 24.3 Å². The first-order valence-electron chi connectivity index (χ1n) is 11.4. The Kier molecular flexibility index (Phi) is 9.66. The van der Waals surface area contributed by atoms with E-state index in [1.807, 2.05) is 66.9 Å². The average Bonchev–Trinajstić information content (AvgIpc) is 3.34. The van der Waals surface area contributed by atoms with E-state index in [-0.39, 0.29) is 41.0 Å². The molecule has 0 spiro atoms. The van der Waals surface area contributed by atoms with Gasteiger partial charge < -0.3 is 14.6 Å². The van der Waals surface area contributed by atoms with Crippen LogP contribution >= 0.6 is 0 Å². The van der Waals surface area contributed by atoms with Crippen LogP contribution < -0.4 is 34.9 Å². The van der Waals surface area contributed by atoms with E-state index < -0.39 is 16.1 Å². The van der Waals surface area contributed by atoms with Crippen LogP contribution in [0.25, 0.3) is 21.7 Å². The first kappa shape index (κ1) is 28.2. The van der Waals surface area contributed by atoms with Gasteiger partial charge in [0.1, 0.15) is 5.82 Å². The van der Waals surface area contributed by atoms with E-state index in [2.05, 4.69) is 21.5 Å². The van der Waals surface area contributed by atoms with Gasteiger partial charge in [-0.3, -0.25) is 4.79 Å². The molecule has 0 aliphatic heterocycles. The molecule has 37 heavy (non-hydrogen) atoms. The Morgan fingerprint density at radius 3 is 2.32 bits per heavy atom. The van der Waals surface area contributed by atoms with E-state index >= 15 is 0 Å². The zero-order valence-electron chi connectivity index (χ0n) is 20.6. The van der Waals surface area contributed by atoms with Gasteiger partial charge in [0.2, 0.25) is 10.0 Å². The molecule has 0 aliphatic carbocycles. The zero-order valence-corrected chi connectivity index (χ0v) is 23.4. The van der Waals surface area contributed by atoms with Gasteiger partial charge in [0.25, 0.3) is 0 Å². The van der Waals surface area contributed by atoms with Gasteiger partial charge in [-0.25, -0.2) is 13.4 Å². The van der Waals surface area contributed by atoms with Crippen molar-refractivity contribution < 1.29 is 42.8 Å². The van der Waals surface area contributed by atoms with Crippen LogP contribution in [0.4, 0.5) is 4.79 Å². The molecule has 3 aromatic carbocycles. The molecule has 0 unspecified atom stereocenters. The smallest absolute Gasteiger partial charge is 0.448 e. The maximum atomic E-state index is 12.3. The molecule has 0 fully saturated rings. The number of hydrogen-bond acceptors (Lipinski definition) is 5. The molecule has 8 nitrogen and oxygen atoms in total. The fourth-order valence-electron chi connectivity index (χ4n) is 3.67. The molecule has 1 N–H and O–H groups in total. The first-order valence-corrected chi connectivity index (χ1v) is 12.8. The van der Waals surface area contributed by atoms with Crippen LogP contribution in [0.1, 0.15) is 23.9 Å². The molecule has 0 saturated heterocycles. The van der Waals surface area contributed by atoms with E-state index in [9.17, 15) is 13.2 Å². The van der Waals surface area contributed by atoms with E-state index in [0.29, 0.717) is 12.0 Å². The second kappa shape index (κ2) is 12.7. The van der Waals surface area contributed by atoms with Crippen molar-refractivity contribution in [3.05, 3.63) is 107 Å². The third-order valence-corrected chi connectivity index (χ3v) is 6.83. The standard InChI is InChI=1S/C27H25N5O3S.Na/c1-2-26-30-25(22-6-4-3-5-7-22)19-32(26)23-12-8-20(9-13-23)16-17-29-27(33)31-36(34,35)24-14-10-21(18-28)11-15-24;/h3-15,19H,2,16-17H2,1H3,(H2,29,31,33);/q;+1/p-1. The van der Waals surface area contributed by atoms with Gasteiger partial charge in [-0.15, -0.1) is 0 Å². The van der Waals surface area contributed by atoms with Crippen LogP contribution in [0, 0.1) is 11.3 Å². The fourth-order valence-corrected chi connectivity index (χ4v) is 4.54. The second-order valence-corrected chi connectivity index (χ2v) is 9.59. The summed E-state index contributed by atoms with van der Waals surface area (Å²) in [6.45, 7) is 2.30. The Bertz CT molecular complexity index is 1490. The number of benzene rings is 3. The maximum absolute atomic E-state index is 12.3. The summed E-state index contributed by atoms with van der Waals surface area (Å²) in [5.41, 5.74) is 4.26. The number of imidazole rings is 1. The molecular formula is C27H24N5NaO3S. The Morgan fingerprint density at radius 1 is 1.03 bits per heavy atom. The van der Waals surface area contributed by atoms with Crippen molar-refractivity contribution >= 4 is 16.1 Å². The Hall–Kier alpha value is -3.42. The normalized spacial score (nSPS) is 10.7. The summed E-state index contributed by atoms with van der Waals surface area (Å²) < 4.78 is 29.9. The van der Waals surface area contributed by atoms with Crippen molar-refractivity contribution in [2.45, 2.75) is 24.7 Å². The number of aromatic nitrogens is 2. The van der Waals surface area contributed by atoms with Gasteiger partial charge in [0.05, 0.1) is 22.2 Å². The van der Waals surface area contributed by atoms with Gasteiger partial charge in [0.15, 0.2) is 6.03 Å². The molecule has 4 aromatic rings. The van der Waals surface area contributed by atoms with Gasteiger partial charge in [-0.2, -0.15) is 5.26 Å². The number of rotatable bonds is 8. The quantitative estimate of drug-likeness (QED) is 0.356. The van der Waals surface area contributed by atoms with Crippen LogP contribution in [-0.2, 0) is 22.9 Å². The number of sulfonamides is 1. The van der Waals surface area contributed by atoms with E-state index in [0.717, 1.165) is 34.8 Å². The molecule has 4 rings (SSSR count). The van der Waals surface area contributed by atoms with Crippen molar-refractivity contribution in [2.24, 2.45) is 0 Å². The number of urea groups is 1. The van der Waals surface area contributed by atoms with Gasteiger partial charge >= 0.3 is 29.6 Å². The predicted octanol–water partition coefficient (Wildman–Crippen LogP) is 1.99. The number of amides is 2. The fraction of sp³-hybridized carbons (Fsp3) is 0.148. The summed E-state index contributed by atoms with van der Waals surface area (Å²) in [4.78, 5) is 16.7. The average molecular weight is 522 g/mol. The van der Waals surface area contributed by atoms with Crippen LogP contribution in [0.2, 0.25) is 0 Å². The number of carbonyl (C=O) groups is 1. The van der Waals surface area contributed by atoms with E-state index in [1.54, 1.807) is 0 Å². The number of nitriles is 1. The SMILES string of the molecule is CCc1nc(-c2ccccc2)cn1-c1ccc(CCNC(=O)[N-]S(=O)(=O)c2ccc(C#N)cc2)cc1.[Na+]. The van der Waals surface area contributed by atoms with Crippen LogP contribution in [-0.4, -0.2) is 30.5 Å². The topological polar surface area (TPSA) is 119 Å². The van der Waals surface area contributed by atoms with Crippen molar-refractivity contribution in [3.8, 4) is 23.0 Å². The number of nitrogens with one attached hydrogen (secondary N) is 1. The Morgan fingerprint density at radius 2 is 1.70 bits per heavy atom. The van der Waals surface area contributed by atoms with Gasteiger partial charge in [-0.1, -0.05) is 49.4 Å². The molecule has 1 aromatic heterocycles. The largest absolute Gasteiger partial charge is 1.00 e. The number of hydrogen-bond donors (Lipinski definition) is 1. The third kappa shape index (κ3) is 7.08. The summed E-state index contributed by atoms with van der Waals surface area (Å²) in [6, 6.07) is 24.1. The summed E-state index contributed by atoms with van der Waals surface area (Å²) >= 11 is 0. The molecule has 182 valence electrons. The molecule has 0 radical (unpaired) electrons. The number of carbonyl (C=O) groups excluding carboxylic acids is 1. The summed E-state index contributed by atoms with van der Waals surface area (Å²) in [7, 11) is -4.15. The third-order valence-electron chi connectivity index (χ3n) is 5.55. The molecule has 0 saturated carbocycles.